The van der Waals surface area contributed by atoms with Gasteiger partial charge in [0.2, 0.25) is 0 Å². The normalized spacial score (nSPS) is 11.7. The van der Waals surface area contributed by atoms with Crippen molar-refractivity contribution in [1.29, 1.82) is 0 Å². The molecule has 0 atom stereocenters. The van der Waals surface area contributed by atoms with Crippen molar-refractivity contribution in [2.75, 3.05) is 7.05 Å². The summed E-state index contributed by atoms with van der Waals surface area (Å²) in [5.41, 5.74) is 0.582. The number of carbonyl (C=O) groups is 1. The number of hydrogen-bond donors (Lipinski definition) is 1. The van der Waals surface area contributed by atoms with Crippen LogP contribution in [0.2, 0.25) is 0 Å². The molecule has 0 saturated carbocycles. The molecule has 21 heavy (non-hydrogen) atoms. The molecule has 1 aromatic rings. The summed E-state index contributed by atoms with van der Waals surface area (Å²) in [5, 5.41) is 2.59. The van der Waals surface area contributed by atoms with Gasteiger partial charge in [0.1, 0.15) is 0 Å². The first-order valence-electron chi connectivity index (χ1n) is 6.95. The Morgan fingerprint density at radius 1 is 1.29 bits per heavy atom. The number of benzene rings is 1. The minimum atomic E-state index is -0.520. The third kappa shape index (κ3) is 3.89. The van der Waals surface area contributed by atoms with Crippen molar-refractivity contribution < 1.29 is 9.45 Å². The first-order valence-corrected chi connectivity index (χ1v) is 6.95. The summed E-state index contributed by atoms with van der Waals surface area (Å²) in [5.74, 6) is 2.65. The Balaban J connectivity index is 2.88. The highest BCUT2D eigenvalue weighted by Crippen LogP contribution is 2.33. The molecule has 0 aliphatic carbocycles. The molecular weight excluding hydrogens is 261 g/mol. The summed E-state index contributed by atoms with van der Waals surface area (Å²) in [4.78, 5) is 11.5. The number of terminal acetylenes is 1. The van der Waals surface area contributed by atoms with Gasteiger partial charge in [0.25, 0.3) is 5.91 Å². The van der Waals surface area contributed by atoms with Crippen LogP contribution in [0.15, 0.2) is 24.3 Å². The van der Waals surface area contributed by atoms with Gasteiger partial charge in [-0.3, -0.25) is 4.79 Å². The maximum absolute atomic E-state index is 11.5. The Kier molecular flexibility index (Phi) is 5.25. The second kappa shape index (κ2) is 6.36. The minimum absolute atomic E-state index is 0.114. The predicted molar refractivity (Wildman–Crippen MR) is 88.4 cm³/mol. The van der Waals surface area contributed by atoms with Crippen molar-refractivity contribution in [1.82, 2.24) is 5.32 Å². The van der Waals surface area contributed by atoms with Gasteiger partial charge < -0.3 is 9.97 Å². The quantitative estimate of drug-likeness (QED) is 0.664. The molecule has 1 N–H and O–H groups in total. The van der Waals surface area contributed by atoms with Gasteiger partial charge in [-0.2, -0.15) is 0 Å². The standard InChI is InChI=1S/C17H23BNO2/c1-8-16(2,3)17(4,5)21-18(6)14-11-9-13(10-12-14)15(20)19-7/h1,9-12H,6H2,2-5,7H3,(H,19,20). The molecule has 0 aliphatic rings. The van der Waals surface area contributed by atoms with Gasteiger partial charge in [-0.05, 0) is 52.1 Å². The number of rotatable bonds is 5. The molecule has 0 bridgehead atoms. The van der Waals surface area contributed by atoms with Crippen LogP contribution in [0.25, 0.3) is 0 Å². The molecule has 1 amide bonds. The van der Waals surface area contributed by atoms with Gasteiger partial charge in [0.15, 0.2) is 0 Å². The fourth-order valence-electron chi connectivity index (χ4n) is 1.74. The lowest BCUT2D eigenvalue weighted by Gasteiger charge is -2.39. The minimum Gasteiger partial charge on any atom is -0.425 e. The summed E-state index contributed by atoms with van der Waals surface area (Å²) in [6.07, 6.45) is 5.58. The van der Waals surface area contributed by atoms with E-state index in [4.69, 9.17) is 11.1 Å². The zero-order valence-electron chi connectivity index (χ0n) is 13.5. The summed E-state index contributed by atoms with van der Waals surface area (Å²) in [6.45, 7) is 11.5. The smallest absolute Gasteiger partial charge is 0.326 e. The number of amides is 1. The molecule has 1 radical (unpaired) electrons. The highest BCUT2D eigenvalue weighted by molar-refractivity contribution is 6.69. The lowest BCUT2D eigenvalue weighted by Crippen LogP contribution is -2.47. The zero-order chi connectivity index (χ0) is 16.3. The molecule has 4 heteroatoms. The lowest BCUT2D eigenvalue weighted by atomic mass is 9.61. The van der Waals surface area contributed by atoms with Gasteiger partial charge in [0.05, 0.1) is 11.0 Å². The second-order valence-corrected chi connectivity index (χ2v) is 6.09. The number of hydrogen-bond acceptors (Lipinski definition) is 2. The van der Waals surface area contributed by atoms with Gasteiger partial charge in [-0.25, -0.2) is 0 Å². The summed E-state index contributed by atoms with van der Waals surface area (Å²) in [6, 6.07) is 7.21. The molecule has 1 aromatic carbocycles. The van der Waals surface area contributed by atoms with E-state index >= 15 is 0 Å². The third-order valence-corrected chi connectivity index (χ3v) is 4.07. The van der Waals surface area contributed by atoms with Crippen LogP contribution in [0.3, 0.4) is 0 Å². The molecule has 0 spiro atoms. The molecule has 0 saturated heterocycles. The van der Waals surface area contributed by atoms with Crippen LogP contribution in [-0.2, 0) is 4.65 Å². The van der Waals surface area contributed by atoms with E-state index in [2.05, 4.69) is 18.1 Å². The summed E-state index contributed by atoms with van der Waals surface area (Å²) in [7, 11) is 1.61. The van der Waals surface area contributed by atoms with Crippen molar-refractivity contribution in [3.05, 3.63) is 36.7 Å². The van der Waals surface area contributed by atoms with Crippen molar-refractivity contribution in [3.63, 3.8) is 0 Å². The molecule has 0 aliphatic heterocycles. The molecular formula is C17H23BNO2. The Morgan fingerprint density at radius 3 is 2.24 bits per heavy atom. The number of carbonyl (C=O) groups excluding carboxylic acids is 1. The van der Waals surface area contributed by atoms with Gasteiger partial charge in [0, 0.05) is 12.6 Å². The highest BCUT2D eigenvalue weighted by Gasteiger charge is 2.38. The Hall–Kier alpha value is -1.73. The summed E-state index contributed by atoms with van der Waals surface area (Å²) >= 11 is 0. The van der Waals surface area contributed by atoms with E-state index in [9.17, 15) is 4.79 Å². The van der Waals surface area contributed by atoms with Crippen LogP contribution < -0.4 is 10.8 Å². The average Bonchev–Trinajstić information content (AvgIpc) is 2.45. The van der Waals surface area contributed by atoms with Crippen LogP contribution in [0.4, 0.5) is 0 Å². The maximum Gasteiger partial charge on any atom is 0.326 e. The molecule has 0 heterocycles. The van der Waals surface area contributed by atoms with Crippen molar-refractivity contribution >= 4 is 18.3 Å². The first kappa shape index (κ1) is 17.3. The second-order valence-electron chi connectivity index (χ2n) is 6.09. The van der Waals surface area contributed by atoms with E-state index in [1.165, 1.54) is 0 Å². The van der Waals surface area contributed by atoms with E-state index in [0.717, 1.165) is 5.46 Å². The van der Waals surface area contributed by atoms with E-state index < -0.39 is 11.0 Å². The van der Waals surface area contributed by atoms with Crippen molar-refractivity contribution in [2.24, 2.45) is 5.41 Å². The van der Waals surface area contributed by atoms with Crippen LogP contribution in [0.5, 0.6) is 0 Å². The molecule has 0 aromatic heterocycles. The van der Waals surface area contributed by atoms with Crippen LogP contribution >= 0.6 is 0 Å². The predicted octanol–water partition coefficient (Wildman–Crippen LogP) is 2.07. The largest absolute Gasteiger partial charge is 0.425 e. The lowest BCUT2D eigenvalue weighted by molar-refractivity contribution is 0.0248. The van der Waals surface area contributed by atoms with Gasteiger partial charge in [-0.1, -0.05) is 18.1 Å². The Morgan fingerprint density at radius 2 is 1.81 bits per heavy atom. The molecule has 0 unspecified atom stereocenters. The van der Waals surface area contributed by atoms with E-state index in [0.29, 0.717) is 5.56 Å². The Labute approximate surface area is 128 Å². The van der Waals surface area contributed by atoms with Crippen LogP contribution in [0.1, 0.15) is 38.1 Å². The topological polar surface area (TPSA) is 38.3 Å². The van der Waals surface area contributed by atoms with Crippen molar-refractivity contribution in [2.45, 2.75) is 33.3 Å². The first-order chi connectivity index (χ1) is 9.64. The molecule has 111 valence electrons. The zero-order valence-corrected chi connectivity index (χ0v) is 13.5. The third-order valence-electron chi connectivity index (χ3n) is 4.07. The van der Waals surface area contributed by atoms with Crippen molar-refractivity contribution in [3.8, 4) is 12.3 Å². The monoisotopic (exact) mass is 284 g/mol. The van der Waals surface area contributed by atoms with Crippen LogP contribution in [0, 0.1) is 24.6 Å². The average molecular weight is 284 g/mol. The van der Waals surface area contributed by atoms with E-state index in [-0.39, 0.29) is 12.8 Å². The highest BCUT2D eigenvalue weighted by atomic mass is 16.5. The number of nitrogens with one attached hydrogen (secondary N) is 1. The van der Waals surface area contributed by atoms with E-state index in [1.54, 1.807) is 19.2 Å². The van der Waals surface area contributed by atoms with Gasteiger partial charge >= 0.3 is 6.92 Å². The van der Waals surface area contributed by atoms with Crippen LogP contribution in [-0.4, -0.2) is 25.5 Å². The SMILES string of the molecule is C#CC(C)(C)C(C)(C)OB([CH2])c1ccc(C(=O)NC)cc1. The maximum atomic E-state index is 11.5. The molecule has 0 fully saturated rings. The molecule has 1 rings (SSSR count). The fourth-order valence-corrected chi connectivity index (χ4v) is 1.74. The Bertz CT molecular complexity index is 541. The summed E-state index contributed by atoms with van der Waals surface area (Å²) < 4.78 is 6.05. The van der Waals surface area contributed by atoms with Gasteiger partial charge in [-0.15, -0.1) is 6.42 Å². The molecule has 3 nitrogen and oxygen atoms in total. The fraction of sp³-hybridized carbons (Fsp3) is 0.412. The van der Waals surface area contributed by atoms with E-state index in [1.807, 2.05) is 39.8 Å².